The van der Waals surface area contributed by atoms with Gasteiger partial charge in [-0.15, -0.1) is 0 Å². The third-order valence-corrected chi connectivity index (χ3v) is 7.41. The second kappa shape index (κ2) is 14.9. The molecule has 0 heterocycles. The topological polar surface area (TPSA) is 86.8 Å². The lowest BCUT2D eigenvalue weighted by Crippen LogP contribution is -2.50. The molecule has 2 amide bonds. The second-order valence-electron chi connectivity index (χ2n) is 8.81. The molecule has 9 heteroatoms. The second-order valence-corrected chi connectivity index (χ2v) is 11.1. The largest absolute Gasteiger partial charge is 0.354 e. The van der Waals surface area contributed by atoms with Crippen molar-refractivity contribution in [2.75, 3.05) is 30.2 Å². The maximum absolute atomic E-state index is 13.4. The van der Waals surface area contributed by atoms with Crippen LogP contribution in [0.5, 0.6) is 0 Å². The number of nitrogens with zero attached hydrogens (tertiary/aromatic N) is 2. The average molecular weight is 536 g/mol. The summed E-state index contributed by atoms with van der Waals surface area (Å²) < 4.78 is 26.1. The highest BCUT2D eigenvalue weighted by molar-refractivity contribution is 7.92. The van der Waals surface area contributed by atoms with Gasteiger partial charge < -0.3 is 10.2 Å². The van der Waals surface area contributed by atoms with E-state index in [0.717, 1.165) is 24.7 Å². The van der Waals surface area contributed by atoms with Crippen LogP contribution in [0, 0.1) is 0 Å². The third-order valence-electron chi connectivity index (χ3n) is 5.97. The number of sulfonamides is 1. The summed E-state index contributed by atoms with van der Waals surface area (Å²) in [5.41, 5.74) is 1.58. The number of benzene rings is 2. The minimum Gasteiger partial charge on any atom is -0.354 e. The number of unbranched alkanes of at least 4 members (excludes halogenated alkanes) is 1. The molecule has 2 aromatic rings. The summed E-state index contributed by atoms with van der Waals surface area (Å²) in [6.07, 6.45) is 4.58. The fourth-order valence-electron chi connectivity index (χ4n) is 4.01. The third kappa shape index (κ3) is 9.47. The van der Waals surface area contributed by atoms with Crippen LogP contribution in [0.3, 0.4) is 0 Å². The van der Waals surface area contributed by atoms with E-state index in [0.29, 0.717) is 43.1 Å². The maximum Gasteiger partial charge on any atom is 0.242 e. The quantitative estimate of drug-likeness (QED) is 0.336. The summed E-state index contributed by atoms with van der Waals surface area (Å²) in [6, 6.07) is 15.8. The van der Waals surface area contributed by atoms with Gasteiger partial charge in [0.2, 0.25) is 21.8 Å². The number of carbonyl (C=O) groups excluding carboxylic acids is 2. The molecule has 0 aliphatic heterocycles. The smallest absolute Gasteiger partial charge is 0.242 e. The molecule has 0 saturated heterocycles. The molecule has 198 valence electrons. The van der Waals surface area contributed by atoms with Crippen LogP contribution in [-0.2, 0) is 26.0 Å². The number of halogens is 1. The summed E-state index contributed by atoms with van der Waals surface area (Å²) in [6.45, 7) is 5.10. The van der Waals surface area contributed by atoms with Crippen molar-refractivity contribution < 1.29 is 18.0 Å². The van der Waals surface area contributed by atoms with E-state index in [2.05, 4.69) is 12.2 Å². The van der Waals surface area contributed by atoms with Crippen molar-refractivity contribution in [3.8, 4) is 0 Å². The lowest BCUT2D eigenvalue weighted by atomic mass is 10.1. The van der Waals surface area contributed by atoms with Gasteiger partial charge in [-0.3, -0.25) is 13.9 Å². The molecule has 36 heavy (non-hydrogen) atoms. The van der Waals surface area contributed by atoms with Crippen LogP contribution in [-0.4, -0.2) is 57.1 Å². The molecule has 0 saturated carbocycles. The minimum absolute atomic E-state index is 0.132. The van der Waals surface area contributed by atoms with Gasteiger partial charge in [0.25, 0.3) is 0 Å². The fourth-order valence-corrected chi connectivity index (χ4v) is 5.10. The Morgan fingerprint density at radius 3 is 2.22 bits per heavy atom. The first-order valence-corrected chi connectivity index (χ1v) is 14.7. The van der Waals surface area contributed by atoms with Crippen LogP contribution in [0.15, 0.2) is 54.6 Å². The molecular formula is C27H38ClN3O4S. The monoisotopic (exact) mass is 535 g/mol. The molecule has 0 aliphatic carbocycles. The molecule has 0 aliphatic rings. The van der Waals surface area contributed by atoms with Gasteiger partial charge in [0, 0.05) is 31.1 Å². The van der Waals surface area contributed by atoms with Gasteiger partial charge in [0.15, 0.2) is 0 Å². The fraction of sp³-hybridized carbons (Fsp3) is 0.481. The Bertz CT molecular complexity index is 1060. The molecular weight excluding hydrogens is 498 g/mol. The van der Waals surface area contributed by atoms with E-state index in [1.807, 2.05) is 37.3 Å². The number of hydrogen-bond donors (Lipinski definition) is 1. The van der Waals surface area contributed by atoms with Crippen LogP contribution in [0.2, 0.25) is 5.02 Å². The Morgan fingerprint density at radius 2 is 1.64 bits per heavy atom. The highest BCUT2D eigenvalue weighted by Gasteiger charge is 2.28. The summed E-state index contributed by atoms with van der Waals surface area (Å²) in [7, 11) is -3.54. The predicted octanol–water partition coefficient (Wildman–Crippen LogP) is 4.65. The number of hydrogen-bond acceptors (Lipinski definition) is 4. The highest BCUT2D eigenvalue weighted by atomic mass is 35.5. The zero-order chi connectivity index (χ0) is 26.6. The van der Waals surface area contributed by atoms with E-state index in [1.165, 1.54) is 4.31 Å². The predicted molar refractivity (Wildman–Crippen MR) is 147 cm³/mol. The first-order valence-electron chi connectivity index (χ1n) is 12.5. The molecule has 0 bridgehead atoms. The number of nitrogens with one attached hydrogen (secondary N) is 1. The molecule has 2 rings (SSSR count). The molecule has 0 unspecified atom stereocenters. The Labute approximate surface area is 220 Å². The van der Waals surface area contributed by atoms with E-state index in [4.69, 9.17) is 11.6 Å². The van der Waals surface area contributed by atoms with Crippen molar-refractivity contribution in [3.05, 3.63) is 65.2 Å². The number of anilines is 1. The van der Waals surface area contributed by atoms with E-state index in [-0.39, 0.29) is 24.8 Å². The number of rotatable bonds is 15. The average Bonchev–Trinajstić information content (AvgIpc) is 2.85. The van der Waals surface area contributed by atoms with Gasteiger partial charge in [-0.1, -0.05) is 62.2 Å². The molecule has 0 spiro atoms. The summed E-state index contributed by atoms with van der Waals surface area (Å²) in [5, 5.41) is 3.47. The Balaban J connectivity index is 2.12. The summed E-state index contributed by atoms with van der Waals surface area (Å²) >= 11 is 5.94. The Hall–Kier alpha value is -2.58. The van der Waals surface area contributed by atoms with E-state index in [9.17, 15) is 18.0 Å². The standard InChI is InChI=1S/C27H38ClN3O4S/c1-4-6-19-29-27(33)25(5-2)30(21-18-22-11-8-7-9-12-22)26(32)13-10-20-31(36(3,34)35)24-16-14-23(28)15-17-24/h7-9,11-12,14-17,25H,4-6,10,13,18-21H2,1-3H3,(H,29,33)/t25-/m0/s1. The van der Waals surface area contributed by atoms with Crippen molar-refractivity contribution >= 4 is 39.1 Å². The molecule has 7 nitrogen and oxygen atoms in total. The van der Waals surface area contributed by atoms with Gasteiger partial charge in [-0.2, -0.15) is 0 Å². The molecule has 1 atom stereocenters. The van der Waals surface area contributed by atoms with Crippen LogP contribution < -0.4 is 9.62 Å². The van der Waals surface area contributed by atoms with Crippen molar-refractivity contribution in [3.63, 3.8) is 0 Å². The Kier molecular flexibility index (Phi) is 12.2. The lowest BCUT2D eigenvalue weighted by Gasteiger charge is -2.31. The van der Waals surface area contributed by atoms with Gasteiger partial charge in [0.1, 0.15) is 6.04 Å². The molecule has 0 radical (unpaired) electrons. The molecule has 0 aromatic heterocycles. The lowest BCUT2D eigenvalue weighted by molar-refractivity contribution is -0.140. The maximum atomic E-state index is 13.4. The van der Waals surface area contributed by atoms with Crippen molar-refractivity contribution in [1.82, 2.24) is 10.2 Å². The van der Waals surface area contributed by atoms with E-state index >= 15 is 0 Å². The number of amides is 2. The van der Waals surface area contributed by atoms with Crippen LogP contribution in [0.4, 0.5) is 5.69 Å². The van der Waals surface area contributed by atoms with Crippen LogP contribution in [0.25, 0.3) is 0 Å². The SMILES string of the molecule is CCCCNC(=O)[C@H](CC)N(CCc1ccccc1)C(=O)CCCN(c1ccc(Cl)cc1)S(C)(=O)=O. The summed E-state index contributed by atoms with van der Waals surface area (Å²) in [4.78, 5) is 28.0. The zero-order valence-corrected chi connectivity index (χ0v) is 23.0. The normalized spacial score (nSPS) is 12.1. The van der Waals surface area contributed by atoms with Gasteiger partial charge >= 0.3 is 0 Å². The van der Waals surface area contributed by atoms with Crippen molar-refractivity contribution in [2.24, 2.45) is 0 Å². The summed E-state index contributed by atoms with van der Waals surface area (Å²) in [5.74, 6) is -0.306. The first kappa shape index (κ1) is 29.6. The minimum atomic E-state index is -3.54. The van der Waals surface area contributed by atoms with Gasteiger partial charge in [-0.25, -0.2) is 8.42 Å². The van der Waals surface area contributed by atoms with E-state index < -0.39 is 16.1 Å². The van der Waals surface area contributed by atoms with Gasteiger partial charge in [-0.05, 0) is 55.5 Å². The van der Waals surface area contributed by atoms with Crippen LogP contribution in [0.1, 0.15) is 51.5 Å². The molecule has 0 fully saturated rings. The van der Waals surface area contributed by atoms with Crippen LogP contribution >= 0.6 is 11.6 Å². The van der Waals surface area contributed by atoms with Crippen molar-refractivity contribution in [2.45, 2.75) is 58.4 Å². The van der Waals surface area contributed by atoms with E-state index in [1.54, 1.807) is 29.2 Å². The zero-order valence-electron chi connectivity index (χ0n) is 21.5. The Morgan fingerprint density at radius 1 is 0.972 bits per heavy atom. The van der Waals surface area contributed by atoms with Crippen molar-refractivity contribution in [1.29, 1.82) is 0 Å². The number of carbonyl (C=O) groups is 2. The first-order chi connectivity index (χ1) is 17.2. The molecule has 1 N–H and O–H groups in total. The molecule has 2 aromatic carbocycles. The highest BCUT2D eigenvalue weighted by Crippen LogP contribution is 2.21. The van der Waals surface area contributed by atoms with Gasteiger partial charge in [0.05, 0.1) is 11.9 Å².